The van der Waals surface area contributed by atoms with Gasteiger partial charge < -0.3 is 10.1 Å². The number of hydrogen-bond donors (Lipinski definition) is 1. The normalized spacial score (nSPS) is 11.1. The van der Waals surface area contributed by atoms with Gasteiger partial charge in [0.15, 0.2) is 0 Å². The quantitative estimate of drug-likeness (QED) is 0.306. The number of amides is 1. The van der Waals surface area contributed by atoms with Crippen LogP contribution in [0.4, 0.5) is 10.1 Å². The Morgan fingerprint density at radius 3 is 2.26 bits per heavy atom. The third kappa shape index (κ3) is 6.98. The van der Waals surface area contributed by atoms with E-state index in [4.69, 9.17) is 4.74 Å². The summed E-state index contributed by atoms with van der Waals surface area (Å²) in [6.45, 7) is 2.02. The van der Waals surface area contributed by atoms with Crippen molar-refractivity contribution in [3.8, 4) is 5.75 Å². The number of rotatable bonds is 11. The molecule has 0 heterocycles. The Balaban J connectivity index is 1.64. The zero-order valence-corrected chi connectivity index (χ0v) is 20.7. The van der Waals surface area contributed by atoms with Gasteiger partial charge in [-0.1, -0.05) is 17.7 Å². The van der Waals surface area contributed by atoms with Crippen LogP contribution < -0.4 is 14.4 Å². The van der Waals surface area contributed by atoms with E-state index in [-0.39, 0.29) is 10.6 Å². The van der Waals surface area contributed by atoms with Crippen LogP contribution in [0.15, 0.2) is 82.6 Å². The Morgan fingerprint density at radius 2 is 1.65 bits per heavy atom. The molecule has 0 aliphatic rings. The molecule has 0 atom stereocenters. The molecule has 0 aromatic heterocycles. The van der Waals surface area contributed by atoms with Gasteiger partial charge >= 0.3 is 0 Å². The summed E-state index contributed by atoms with van der Waals surface area (Å²) in [6.07, 6.45) is 0.728. The summed E-state index contributed by atoms with van der Waals surface area (Å²) >= 11 is 1.69. The number of nitrogens with one attached hydrogen (secondary N) is 1. The number of anilines is 1. The van der Waals surface area contributed by atoms with E-state index in [0.29, 0.717) is 12.3 Å². The van der Waals surface area contributed by atoms with Crippen molar-refractivity contribution in [2.45, 2.75) is 23.1 Å². The molecule has 0 radical (unpaired) electrons. The Kier molecular flexibility index (Phi) is 8.95. The minimum atomic E-state index is -4.07. The first-order valence-corrected chi connectivity index (χ1v) is 13.1. The minimum absolute atomic E-state index is 0.0000714. The highest BCUT2D eigenvalue weighted by Gasteiger charge is 2.27. The van der Waals surface area contributed by atoms with Gasteiger partial charge in [-0.2, -0.15) is 0 Å². The van der Waals surface area contributed by atoms with Crippen LogP contribution in [0.3, 0.4) is 0 Å². The molecular formula is C25H27FN2O4S2. The van der Waals surface area contributed by atoms with Crippen LogP contribution in [-0.2, 0) is 14.8 Å². The lowest BCUT2D eigenvalue weighted by Gasteiger charge is -2.24. The average molecular weight is 503 g/mol. The van der Waals surface area contributed by atoms with E-state index in [1.165, 1.54) is 49.1 Å². The van der Waals surface area contributed by atoms with E-state index in [2.05, 4.69) is 29.6 Å². The Bertz CT molecular complexity index is 1180. The summed E-state index contributed by atoms with van der Waals surface area (Å²) < 4.78 is 46.1. The molecule has 0 bridgehead atoms. The average Bonchev–Trinajstić information content (AvgIpc) is 2.84. The maximum atomic E-state index is 13.4. The van der Waals surface area contributed by atoms with Crippen LogP contribution >= 0.6 is 11.8 Å². The Labute approximate surface area is 204 Å². The summed E-state index contributed by atoms with van der Waals surface area (Å²) in [6, 6.07) is 19.1. The topological polar surface area (TPSA) is 75.7 Å². The van der Waals surface area contributed by atoms with Crippen molar-refractivity contribution in [2.24, 2.45) is 0 Å². The maximum Gasteiger partial charge on any atom is 0.264 e. The number of carbonyl (C=O) groups excluding carboxylic acids is 1. The molecule has 0 aliphatic heterocycles. The van der Waals surface area contributed by atoms with Crippen LogP contribution in [-0.4, -0.2) is 40.3 Å². The van der Waals surface area contributed by atoms with Crippen molar-refractivity contribution in [1.82, 2.24) is 5.32 Å². The Morgan fingerprint density at radius 1 is 1.00 bits per heavy atom. The number of sulfonamides is 1. The van der Waals surface area contributed by atoms with Crippen molar-refractivity contribution in [2.75, 3.05) is 30.3 Å². The van der Waals surface area contributed by atoms with Crippen molar-refractivity contribution >= 4 is 33.4 Å². The maximum absolute atomic E-state index is 13.4. The molecule has 3 aromatic rings. The molecule has 3 aromatic carbocycles. The van der Waals surface area contributed by atoms with Crippen molar-refractivity contribution in [1.29, 1.82) is 0 Å². The van der Waals surface area contributed by atoms with Gasteiger partial charge in [-0.3, -0.25) is 9.10 Å². The van der Waals surface area contributed by atoms with Gasteiger partial charge in [-0.05, 0) is 79.8 Å². The number of thioether (sulfide) groups is 1. The molecule has 0 spiro atoms. The van der Waals surface area contributed by atoms with Gasteiger partial charge in [0.1, 0.15) is 18.1 Å². The second kappa shape index (κ2) is 11.9. The highest BCUT2D eigenvalue weighted by Crippen LogP contribution is 2.25. The summed E-state index contributed by atoms with van der Waals surface area (Å²) in [5.74, 6) is 0.381. The van der Waals surface area contributed by atoms with Gasteiger partial charge in [-0.15, -0.1) is 11.8 Å². The number of ether oxygens (including phenoxy) is 1. The third-order valence-corrected chi connectivity index (χ3v) is 7.87. The fourth-order valence-electron chi connectivity index (χ4n) is 3.11. The van der Waals surface area contributed by atoms with Gasteiger partial charge in [0.2, 0.25) is 5.91 Å². The fraction of sp³-hybridized carbons (Fsp3) is 0.240. The Hall–Kier alpha value is -3.04. The smallest absolute Gasteiger partial charge is 0.264 e. The molecule has 0 aliphatic carbocycles. The molecule has 34 heavy (non-hydrogen) atoms. The molecule has 0 unspecified atom stereocenters. The van der Waals surface area contributed by atoms with E-state index in [9.17, 15) is 17.6 Å². The predicted octanol–water partition coefficient (Wildman–Crippen LogP) is 4.64. The largest absolute Gasteiger partial charge is 0.497 e. The minimum Gasteiger partial charge on any atom is -0.497 e. The number of nitrogens with zero attached hydrogens (tertiary/aromatic N) is 1. The molecule has 0 saturated heterocycles. The van der Waals surface area contributed by atoms with Crippen LogP contribution in [0, 0.1) is 12.7 Å². The zero-order valence-electron chi connectivity index (χ0n) is 19.0. The van der Waals surface area contributed by atoms with E-state index < -0.39 is 28.3 Å². The molecule has 1 amide bonds. The molecule has 3 rings (SSSR count). The van der Waals surface area contributed by atoms with Crippen LogP contribution in [0.25, 0.3) is 0 Å². The molecule has 180 valence electrons. The summed E-state index contributed by atoms with van der Waals surface area (Å²) in [5, 5.41) is 2.78. The zero-order chi connectivity index (χ0) is 24.6. The lowest BCUT2D eigenvalue weighted by Crippen LogP contribution is -2.41. The first-order valence-electron chi connectivity index (χ1n) is 10.7. The number of carbonyl (C=O) groups is 1. The lowest BCUT2D eigenvalue weighted by molar-refractivity contribution is -0.119. The fourth-order valence-corrected chi connectivity index (χ4v) is 5.38. The molecule has 6 nitrogen and oxygen atoms in total. The van der Waals surface area contributed by atoms with E-state index in [0.717, 1.165) is 33.5 Å². The molecule has 9 heteroatoms. The predicted molar refractivity (Wildman–Crippen MR) is 133 cm³/mol. The highest BCUT2D eigenvalue weighted by molar-refractivity contribution is 7.99. The second-order valence-corrected chi connectivity index (χ2v) is 10.6. The number of methoxy groups -OCH3 is 1. The van der Waals surface area contributed by atoms with E-state index in [1.807, 2.05) is 6.92 Å². The van der Waals surface area contributed by atoms with Crippen LogP contribution in [0.5, 0.6) is 5.75 Å². The van der Waals surface area contributed by atoms with E-state index in [1.54, 1.807) is 11.8 Å². The number of hydrogen-bond acceptors (Lipinski definition) is 5. The SMILES string of the molecule is COc1ccc(S(=O)(=O)N(CC(=O)NCCCSc2ccc(C)cc2)c2ccc(F)cc2)cc1. The molecule has 0 saturated carbocycles. The summed E-state index contributed by atoms with van der Waals surface area (Å²) in [5.41, 5.74) is 1.40. The highest BCUT2D eigenvalue weighted by atomic mass is 32.2. The lowest BCUT2D eigenvalue weighted by atomic mass is 10.2. The first kappa shape index (κ1) is 25.6. The first-order chi connectivity index (χ1) is 16.3. The third-order valence-electron chi connectivity index (χ3n) is 4.98. The molecule has 1 N–H and O–H groups in total. The number of halogens is 1. The van der Waals surface area contributed by atoms with Gasteiger partial charge in [0.05, 0.1) is 17.7 Å². The van der Waals surface area contributed by atoms with Gasteiger partial charge in [0.25, 0.3) is 10.0 Å². The number of benzene rings is 3. The van der Waals surface area contributed by atoms with Crippen molar-refractivity contribution < 1.29 is 22.3 Å². The van der Waals surface area contributed by atoms with Gasteiger partial charge in [0, 0.05) is 11.4 Å². The summed E-state index contributed by atoms with van der Waals surface area (Å²) in [4.78, 5) is 13.8. The van der Waals surface area contributed by atoms with Crippen LogP contribution in [0.1, 0.15) is 12.0 Å². The monoisotopic (exact) mass is 502 g/mol. The van der Waals surface area contributed by atoms with Crippen molar-refractivity contribution in [3.05, 3.63) is 84.2 Å². The standard InChI is InChI=1S/C25H27FN2O4S2/c1-19-4-12-23(13-5-19)33-17-3-16-27-25(29)18-28(21-8-6-20(26)7-9-21)34(30,31)24-14-10-22(32-2)11-15-24/h4-15H,3,16-18H2,1-2H3,(H,27,29). The number of aryl methyl sites for hydroxylation is 1. The second-order valence-electron chi connectivity index (χ2n) is 7.53. The summed E-state index contributed by atoms with van der Waals surface area (Å²) in [7, 11) is -2.59. The van der Waals surface area contributed by atoms with E-state index >= 15 is 0 Å². The van der Waals surface area contributed by atoms with Gasteiger partial charge in [-0.25, -0.2) is 12.8 Å². The van der Waals surface area contributed by atoms with Crippen LogP contribution in [0.2, 0.25) is 0 Å². The molecular weight excluding hydrogens is 475 g/mol. The molecule has 0 fully saturated rings. The van der Waals surface area contributed by atoms with Crippen molar-refractivity contribution in [3.63, 3.8) is 0 Å².